The van der Waals surface area contributed by atoms with Crippen molar-refractivity contribution in [2.45, 2.75) is 26.1 Å². The van der Waals surface area contributed by atoms with Crippen molar-refractivity contribution in [3.8, 4) is 0 Å². The lowest BCUT2D eigenvalue weighted by Crippen LogP contribution is -2.44. The van der Waals surface area contributed by atoms with Crippen molar-refractivity contribution in [3.63, 3.8) is 0 Å². The fourth-order valence-corrected chi connectivity index (χ4v) is 3.82. The van der Waals surface area contributed by atoms with Crippen molar-refractivity contribution in [2.75, 3.05) is 0 Å². The highest BCUT2D eigenvalue weighted by atomic mass is 35.5. The summed E-state index contributed by atoms with van der Waals surface area (Å²) in [6.07, 6.45) is 4.83. The second-order valence-electron chi connectivity index (χ2n) is 5.64. The zero-order valence-corrected chi connectivity index (χ0v) is 14.2. The standard InChI is InChI=1S/C16H18ClNO3S/c1-9(2)16(15(20)21)8-11(4-5-12(16)17)18-14(19)13-10(3)6-7-22-13/h4-9,12H,1-3H3,(H,18,19)(H,20,21). The van der Waals surface area contributed by atoms with Crippen LogP contribution in [0, 0.1) is 18.3 Å². The zero-order valence-electron chi connectivity index (χ0n) is 12.6. The predicted molar refractivity (Wildman–Crippen MR) is 88.3 cm³/mol. The van der Waals surface area contributed by atoms with Gasteiger partial charge in [0.2, 0.25) is 0 Å². The first-order valence-electron chi connectivity index (χ1n) is 6.93. The van der Waals surface area contributed by atoms with Crippen LogP contribution in [0.3, 0.4) is 0 Å². The highest BCUT2D eigenvalue weighted by Crippen LogP contribution is 2.41. The largest absolute Gasteiger partial charge is 0.481 e. The zero-order chi connectivity index (χ0) is 16.5. The van der Waals surface area contributed by atoms with Gasteiger partial charge in [0, 0.05) is 5.70 Å². The Hall–Kier alpha value is -1.59. The van der Waals surface area contributed by atoms with E-state index in [1.807, 2.05) is 32.2 Å². The fourth-order valence-electron chi connectivity index (χ4n) is 2.52. The monoisotopic (exact) mass is 339 g/mol. The van der Waals surface area contributed by atoms with Crippen LogP contribution in [0.1, 0.15) is 29.1 Å². The first-order valence-corrected chi connectivity index (χ1v) is 8.24. The van der Waals surface area contributed by atoms with E-state index in [0.717, 1.165) is 5.56 Å². The molecule has 1 aliphatic rings. The molecule has 1 aliphatic carbocycles. The summed E-state index contributed by atoms with van der Waals surface area (Å²) < 4.78 is 0. The molecule has 2 N–H and O–H groups in total. The van der Waals surface area contributed by atoms with Crippen LogP contribution in [0.5, 0.6) is 0 Å². The first-order chi connectivity index (χ1) is 10.3. The lowest BCUT2D eigenvalue weighted by molar-refractivity contribution is -0.148. The van der Waals surface area contributed by atoms with Crippen LogP contribution in [0.4, 0.5) is 0 Å². The molecule has 2 atom stereocenters. The number of carboxylic acids is 1. The number of carbonyl (C=O) groups excluding carboxylic acids is 1. The molecule has 0 saturated heterocycles. The topological polar surface area (TPSA) is 66.4 Å². The minimum Gasteiger partial charge on any atom is -0.481 e. The molecule has 4 nitrogen and oxygen atoms in total. The summed E-state index contributed by atoms with van der Waals surface area (Å²) in [7, 11) is 0. The molecule has 0 aromatic carbocycles. The highest BCUT2D eigenvalue weighted by Gasteiger charge is 2.47. The van der Waals surface area contributed by atoms with Crippen molar-refractivity contribution in [3.05, 3.63) is 45.8 Å². The summed E-state index contributed by atoms with van der Waals surface area (Å²) >= 11 is 7.59. The number of hydrogen-bond acceptors (Lipinski definition) is 3. The molecule has 6 heteroatoms. The second kappa shape index (κ2) is 6.26. The summed E-state index contributed by atoms with van der Waals surface area (Å²) in [6.45, 7) is 5.48. The maximum absolute atomic E-state index is 12.3. The molecule has 22 heavy (non-hydrogen) atoms. The second-order valence-corrected chi connectivity index (χ2v) is 7.03. The number of amides is 1. The van der Waals surface area contributed by atoms with E-state index in [-0.39, 0.29) is 11.8 Å². The van der Waals surface area contributed by atoms with Gasteiger partial charge in [0.05, 0.1) is 10.3 Å². The normalized spacial score (nSPS) is 24.2. The Kier molecular flexibility index (Phi) is 4.78. The molecule has 0 bridgehead atoms. The predicted octanol–water partition coefficient (Wildman–Crippen LogP) is 3.57. The van der Waals surface area contributed by atoms with Gasteiger partial charge in [0.1, 0.15) is 5.41 Å². The quantitative estimate of drug-likeness (QED) is 0.824. The molecule has 0 aliphatic heterocycles. The van der Waals surface area contributed by atoms with Gasteiger partial charge < -0.3 is 10.4 Å². The molecule has 0 spiro atoms. The van der Waals surface area contributed by atoms with Crippen molar-refractivity contribution >= 4 is 34.8 Å². The number of thiophene rings is 1. The van der Waals surface area contributed by atoms with E-state index in [2.05, 4.69) is 5.32 Å². The summed E-state index contributed by atoms with van der Waals surface area (Å²) in [4.78, 5) is 24.7. The number of carboxylic acid groups (broad SMARTS) is 1. The Balaban J connectivity index is 2.32. The van der Waals surface area contributed by atoms with Crippen molar-refractivity contribution < 1.29 is 14.7 Å². The minimum absolute atomic E-state index is 0.215. The third kappa shape index (κ3) is 2.83. The van der Waals surface area contributed by atoms with Gasteiger partial charge in [-0.25, -0.2) is 0 Å². The maximum Gasteiger partial charge on any atom is 0.315 e. The maximum atomic E-state index is 12.3. The molecular formula is C16H18ClNO3S. The SMILES string of the molecule is Cc1ccsc1C(=O)NC1=CC(C(=O)O)(C(C)C)C(Cl)C=C1. The Labute approximate surface area is 138 Å². The molecule has 0 saturated carbocycles. The molecule has 0 fully saturated rings. The summed E-state index contributed by atoms with van der Waals surface area (Å²) in [5.41, 5.74) is 0.126. The number of allylic oxidation sites excluding steroid dienone is 2. The Bertz CT molecular complexity index is 662. The van der Waals surface area contributed by atoms with Crippen molar-refractivity contribution in [2.24, 2.45) is 11.3 Å². The number of alkyl halides is 1. The fraction of sp³-hybridized carbons (Fsp3) is 0.375. The molecule has 1 amide bonds. The third-order valence-electron chi connectivity index (χ3n) is 3.95. The summed E-state index contributed by atoms with van der Waals surface area (Å²) in [5.74, 6) is -1.45. The van der Waals surface area contributed by atoms with Crippen LogP contribution in [0.15, 0.2) is 35.4 Å². The number of aryl methyl sites for hydroxylation is 1. The van der Waals surface area contributed by atoms with Gasteiger partial charge in [0.15, 0.2) is 0 Å². The number of nitrogens with one attached hydrogen (secondary N) is 1. The Morgan fingerprint density at radius 1 is 1.45 bits per heavy atom. The van der Waals surface area contributed by atoms with Gasteiger partial charge in [-0.3, -0.25) is 9.59 Å². The number of halogens is 1. The van der Waals surface area contributed by atoms with Crippen molar-refractivity contribution in [1.82, 2.24) is 5.32 Å². The number of hydrogen-bond donors (Lipinski definition) is 2. The van der Waals surface area contributed by atoms with E-state index in [9.17, 15) is 14.7 Å². The van der Waals surface area contributed by atoms with E-state index >= 15 is 0 Å². The molecule has 1 aromatic heterocycles. The summed E-state index contributed by atoms with van der Waals surface area (Å²) in [6, 6.07) is 1.87. The van der Waals surface area contributed by atoms with E-state index in [1.54, 1.807) is 18.2 Å². The van der Waals surface area contributed by atoms with Crippen LogP contribution in [0.2, 0.25) is 0 Å². The summed E-state index contributed by atoms with van der Waals surface area (Å²) in [5, 5.41) is 13.6. The van der Waals surface area contributed by atoms with Gasteiger partial charge in [-0.05, 0) is 42.0 Å². The Morgan fingerprint density at radius 3 is 2.64 bits per heavy atom. The first kappa shape index (κ1) is 16.8. The average molecular weight is 340 g/mol. The molecule has 1 heterocycles. The molecule has 0 radical (unpaired) electrons. The van der Waals surface area contributed by atoms with Gasteiger partial charge in [-0.15, -0.1) is 22.9 Å². The number of rotatable bonds is 4. The Morgan fingerprint density at radius 2 is 2.14 bits per heavy atom. The van der Waals surface area contributed by atoms with Gasteiger partial charge in [-0.2, -0.15) is 0 Å². The van der Waals surface area contributed by atoms with E-state index < -0.39 is 16.8 Å². The molecule has 1 aromatic rings. The van der Waals surface area contributed by atoms with Crippen LogP contribution in [-0.2, 0) is 4.79 Å². The average Bonchev–Trinajstić information content (AvgIpc) is 2.86. The molecule has 2 rings (SSSR count). The smallest absolute Gasteiger partial charge is 0.315 e. The van der Waals surface area contributed by atoms with Crippen LogP contribution in [0.25, 0.3) is 0 Å². The molecule has 2 unspecified atom stereocenters. The minimum atomic E-state index is -1.23. The van der Waals surface area contributed by atoms with Gasteiger partial charge >= 0.3 is 5.97 Å². The lowest BCUT2D eigenvalue weighted by Gasteiger charge is -2.36. The van der Waals surface area contributed by atoms with Crippen LogP contribution >= 0.6 is 22.9 Å². The molecular weight excluding hydrogens is 322 g/mol. The van der Waals surface area contributed by atoms with Gasteiger partial charge in [0.25, 0.3) is 5.91 Å². The third-order valence-corrected chi connectivity index (χ3v) is 5.47. The van der Waals surface area contributed by atoms with Crippen molar-refractivity contribution in [1.29, 1.82) is 0 Å². The van der Waals surface area contributed by atoms with Gasteiger partial charge in [-0.1, -0.05) is 19.9 Å². The van der Waals surface area contributed by atoms with Crippen LogP contribution < -0.4 is 5.32 Å². The van der Waals surface area contributed by atoms with E-state index in [0.29, 0.717) is 10.6 Å². The van der Waals surface area contributed by atoms with E-state index in [4.69, 9.17) is 11.6 Å². The lowest BCUT2D eigenvalue weighted by atomic mass is 9.71. The number of aliphatic carboxylic acids is 1. The number of carbonyl (C=O) groups is 2. The highest BCUT2D eigenvalue weighted by molar-refractivity contribution is 7.12. The van der Waals surface area contributed by atoms with E-state index in [1.165, 1.54) is 11.3 Å². The molecule has 118 valence electrons. The van der Waals surface area contributed by atoms with Crippen LogP contribution in [-0.4, -0.2) is 22.4 Å².